The van der Waals surface area contributed by atoms with E-state index >= 15 is 0 Å². The van der Waals surface area contributed by atoms with Crippen LogP contribution in [-0.4, -0.2) is 25.7 Å². The van der Waals surface area contributed by atoms with Crippen LogP contribution in [0.5, 0.6) is 5.75 Å². The van der Waals surface area contributed by atoms with Gasteiger partial charge in [0.15, 0.2) is 6.10 Å². The second kappa shape index (κ2) is 8.02. The van der Waals surface area contributed by atoms with E-state index in [1.807, 2.05) is 26.1 Å². The van der Waals surface area contributed by atoms with Crippen molar-refractivity contribution < 1.29 is 14.3 Å². The van der Waals surface area contributed by atoms with Gasteiger partial charge in [0.2, 0.25) is 0 Å². The monoisotopic (exact) mass is 285 g/mol. The summed E-state index contributed by atoms with van der Waals surface area (Å²) < 4.78 is 10.6. The van der Waals surface area contributed by atoms with Crippen molar-refractivity contribution in [3.8, 4) is 5.75 Å². The highest BCUT2D eigenvalue weighted by Crippen LogP contribution is 2.27. The zero-order valence-corrected chi connectivity index (χ0v) is 12.3. The molecule has 0 saturated carbocycles. The Morgan fingerprint density at radius 1 is 1.42 bits per heavy atom. The third-order valence-corrected chi connectivity index (χ3v) is 2.86. The fourth-order valence-corrected chi connectivity index (χ4v) is 1.89. The molecule has 0 bridgehead atoms. The predicted octanol–water partition coefficient (Wildman–Crippen LogP) is 2.78. The Labute approximate surface area is 119 Å². The van der Waals surface area contributed by atoms with Crippen molar-refractivity contribution in [2.75, 3.05) is 13.7 Å². The molecule has 0 radical (unpaired) electrons. The predicted molar refractivity (Wildman–Crippen MR) is 75.6 cm³/mol. The molecule has 0 saturated heterocycles. The summed E-state index contributed by atoms with van der Waals surface area (Å²) in [6.07, 6.45) is -0.0828. The highest BCUT2D eigenvalue weighted by molar-refractivity contribution is 6.32. The molecule has 0 aliphatic heterocycles. The van der Waals surface area contributed by atoms with E-state index in [-0.39, 0.29) is 5.97 Å². The molecule has 0 heterocycles. The number of nitrogens with one attached hydrogen (secondary N) is 1. The molecule has 4 nitrogen and oxygen atoms in total. The quantitative estimate of drug-likeness (QED) is 0.783. The molecule has 1 unspecified atom stereocenters. The minimum absolute atomic E-state index is 0.341. The first kappa shape index (κ1) is 15.8. The van der Waals surface area contributed by atoms with Crippen LogP contribution in [0.15, 0.2) is 18.2 Å². The summed E-state index contributed by atoms with van der Waals surface area (Å²) >= 11 is 6.14. The lowest BCUT2D eigenvalue weighted by Crippen LogP contribution is -2.28. The lowest BCUT2D eigenvalue weighted by Gasteiger charge is -2.17. The Balaban J connectivity index is 2.77. The maximum atomic E-state index is 11.7. The summed E-state index contributed by atoms with van der Waals surface area (Å²) in [5.41, 5.74) is 1.06. The van der Waals surface area contributed by atoms with Gasteiger partial charge in [-0.2, -0.15) is 0 Å². The number of esters is 1. The van der Waals surface area contributed by atoms with Crippen LogP contribution in [0.3, 0.4) is 0 Å². The minimum Gasteiger partial charge on any atom is -0.477 e. The SMILES string of the molecule is CCOC(=O)C(CC)Oc1ccc(CNC)cc1Cl. The molecule has 106 valence electrons. The van der Waals surface area contributed by atoms with Crippen LogP contribution < -0.4 is 10.1 Å². The van der Waals surface area contributed by atoms with Crippen LogP contribution in [0, 0.1) is 0 Å². The van der Waals surface area contributed by atoms with Gasteiger partial charge in [-0.25, -0.2) is 4.79 Å². The number of carbonyl (C=O) groups excluding carboxylic acids is 1. The highest BCUT2D eigenvalue weighted by Gasteiger charge is 2.20. The number of ether oxygens (including phenoxy) is 2. The van der Waals surface area contributed by atoms with Crippen LogP contribution in [0.2, 0.25) is 5.02 Å². The van der Waals surface area contributed by atoms with Gasteiger partial charge < -0.3 is 14.8 Å². The van der Waals surface area contributed by atoms with Gasteiger partial charge in [0.1, 0.15) is 5.75 Å². The summed E-state index contributed by atoms with van der Waals surface area (Å²) in [7, 11) is 1.87. The van der Waals surface area contributed by atoms with Crippen molar-refractivity contribution in [1.82, 2.24) is 5.32 Å². The normalized spacial score (nSPS) is 12.0. The number of hydrogen-bond acceptors (Lipinski definition) is 4. The third-order valence-electron chi connectivity index (χ3n) is 2.57. The smallest absolute Gasteiger partial charge is 0.347 e. The molecule has 5 heteroatoms. The topological polar surface area (TPSA) is 47.6 Å². The molecule has 0 spiro atoms. The van der Waals surface area contributed by atoms with Gasteiger partial charge in [-0.15, -0.1) is 0 Å². The lowest BCUT2D eigenvalue weighted by atomic mass is 10.2. The molecular formula is C14H20ClNO3. The van der Waals surface area contributed by atoms with Crippen molar-refractivity contribution in [3.63, 3.8) is 0 Å². The Morgan fingerprint density at radius 2 is 2.16 bits per heavy atom. The molecule has 1 atom stereocenters. The van der Waals surface area contributed by atoms with Gasteiger partial charge in [0, 0.05) is 6.54 Å². The Bertz CT molecular complexity index is 423. The molecule has 0 aromatic heterocycles. The Morgan fingerprint density at radius 3 is 2.68 bits per heavy atom. The molecule has 19 heavy (non-hydrogen) atoms. The summed E-state index contributed by atoms with van der Waals surface area (Å²) in [6, 6.07) is 5.51. The summed E-state index contributed by atoms with van der Waals surface area (Å²) in [4.78, 5) is 11.7. The van der Waals surface area contributed by atoms with E-state index in [1.165, 1.54) is 0 Å². The van der Waals surface area contributed by atoms with Gasteiger partial charge in [-0.05, 0) is 38.1 Å². The average molecular weight is 286 g/mol. The zero-order chi connectivity index (χ0) is 14.3. The maximum Gasteiger partial charge on any atom is 0.347 e. The fraction of sp³-hybridized carbons (Fsp3) is 0.500. The number of carbonyl (C=O) groups is 1. The molecule has 1 aromatic rings. The maximum absolute atomic E-state index is 11.7. The van der Waals surface area contributed by atoms with Crippen LogP contribution >= 0.6 is 11.6 Å². The molecule has 0 fully saturated rings. The van der Waals surface area contributed by atoms with E-state index in [4.69, 9.17) is 21.1 Å². The molecular weight excluding hydrogens is 266 g/mol. The number of halogens is 1. The lowest BCUT2D eigenvalue weighted by molar-refractivity contribution is -0.151. The van der Waals surface area contributed by atoms with Crippen LogP contribution in [0.1, 0.15) is 25.8 Å². The molecule has 0 aliphatic rings. The van der Waals surface area contributed by atoms with Crippen LogP contribution in [-0.2, 0) is 16.1 Å². The molecule has 1 N–H and O–H groups in total. The number of hydrogen-bond donors (Lipinski definition) is 1. The molecule has 0 amide bonds. The standard InChI is InChI=1S/C14H20ClNO3/c1-4-12(14(17)18-5-2)19-13-7-6-10(9-16-3)8-11(13)15/h6-8,12,16H,4-5,9H2,1-3H3. The molecule has 1 aromatic carbocycles. The highest BCUT2D eigenvalue weighted by atomic mass is 35.5. The largest absolute Gasteiger partial charge is 0.477 e. The van der Waals surface area contributed by atoms with Crippen molar-refractivity contribution in [2.24, 2.45) is 0 Å². The van der Waals surface area contributed by atoms with Crippen molar-refractivity contribution >= 4 is 17.6 Å². The van der Waals surface area contributed by atoms with Crippen molar-refractivity contribution in [1.29, 1.82) is 0 Å². The second-order valence-corrected chi connectivity index (χ2v) is 4.47. The third kappa shape index (κ3) is 4.73. The Kier molecular flexibility index (Phi) is 6.67. The van der Waals surface area contributed by atoms with Crippen molar-refractivity contribution in [3.05, 3.63) is 28.8 Å². The fourth-order valence-electron chi connectivity index (χ4n) is 1.64. The van der Waals surface area contributed by atoms with E-state index < -0.39 is 6.10 Å². The minimum atomic E-state index is -0.618. The van der Waals surface area contributed by atoms with Gasteiger partial charge in [0.05, 0.1) is 11.6 Å². The van der Waals surface area contributed by atoms with E-state index in [0.717, 1.165) is 12.1 Å². The van der Waals surface area contributed by atoms with Crippen LogP contribution in [0.25, 0.3) is 0 Å². The van der Waals surface area contributed by atoms with E-state index in [9.17, 15) is 4.79 Å². The van der Waals surface area contributed by atoms with Crippen molar-refractivity contribution in [2.45, 2.75) is 32.9 Å². The van der Waals surface area contributed by atoms with E-state index in [0.29, 0.717) is 23.8 Å². The van der Waals surface area contributed by atoms with E-state index in [1.54, 1.807) is 13.0 Å². The second-order valence-electron chi connectivity index (χ2n) is 4.06. The average Bonchev–Trinajstić information content (AvgIpc) is 2.38. The first-order valence-electron chi connectivity index (χ1n) is 6.38. The molecule has 1 rings (SSSR count). The first-order valence-corrected chi connectivity index (χ1v) is 6.76. The summed E-state index contributed by atoms with van der Waals surface area (Å²) in [5.74, 6) is 0.141. The van der Waals surface area contributed by atoms with Gasteiger partial charge >= 0.3 is 5.97 Å². The summed E-state index contributed by atoms with van der Waals surface area (Å²) in [5, 5.41) is 3.54. The molecule has 0 aliphatic carbocycles. The van der Waals surface area contributed by atoms with Gasteiger partial charge in [-0.1, -0.05) is 24.6 Å². The number of benzene rings is 1. The number of rotatable bonds is 7. The Hall–Kier alpha value is -1.26. The van der Waals surface area contributed by atoms with E-state index in [2.05, 4.69) is 5.32 Å². The van der Waals surface area contributed by atoms with Gasteiger partial charge in [0.25, 0.3) is 0 Å². The van der Waals surface area contributed by atoms with Gasteiger partial charge in [-0.3, -0.25) is 0 Å². The summed E-state index contributed by atoms with van der Waals surface area (Å²) in [6.45, 7) is 4.71. The first-order chi connectivity index (χ1) is 9.12. The van der Waals surface area contributed by atoms with Crippen LogP contribution in [0.4, 0.5) is 0 Å². The zero-order valence-electron chi connectivity index (χ0n) is 11.5.